The number of carbonyl (C=O) groups is 2. The maximum absolute atomic E-state index is 13.1. The van der Waals surface area contributed by atoms with Gasteiger partial charge >= 0.3 is 0 Å². The van der Waals surface area contributed by atoms with Crippen LogP contribution in [0.4, 0.5) is 11.5 Å². The Morgan fingerprint density at radius 3 is 2.59 bits per heavy atom. The summed E-state index contributed by atoms with van der Waals surface area (Å²) >= 11 is 0. The number of methoxy groups -OCH3 is 1. The van der Waals surface area contributed by atoms with Crippen LogP contribution in [0.25, 0.3) is 0 Å². The molecule has 2 aliphatic rings. The first-order valence-corrected chi connectivity index (χ1v) is 11.3. The van der Waals surface area contributed by atoms with Crippen LogP contribution in [0.5, 0.6) is 5.88 Å². The standard InChI is InChI=1S/C24H31N5O3/c1-16(2)23(30)27-19-8-9-21(25-13-19)29-11-5-4-6-18-14-28(15-20(18)29)24(31)17-7-10-22(32-3)26-12-17/h7-10,12-13,16,18,20H,4-6,11,14-15H2,1-3H3,(H,27,30)/t18-,20+/m1/s1. The second-order valence-electron chi connectivity index (χ2n) is 8.86. The smallest absolute Gasteiger partial charge is 0.255 e. The van der Waals surface area contributed by atoms with Crippen molar-refractivity contribution in [3.63, 3.8) is 0 Å². The average Bonchev–Trinajstić information content (AvgIpc) is 3.13. The molecule has 0 unspecified atom stereocenters. The molecule has 8 nitrogen and oxygen atoms in total. The van der Waals surface area contributed by atoms with Crippen molar-refractivity contribution in [3.05, 3.63) is 42.2 Å². The Hall–Kier alpha value is -3.16. The first-order valence-electron chi connectivity index (χ1n) is 11.3. The summed E-state index contributed by atoms with van der Waals surface area (Å²) in [6, 6.07) is 7.60. The van der Waals surface area contributed by atoms with E-state index in [-0.39, 0.29) is 23.8 Å². The van der Waals surface area contributed by atoms with Crippen LogP contribution in [0.15, 0.2) is 36.7 Å². The highest BCUT2D eigenvalue weighted by Gasteiger charge is 2.40. The number of anilines is 2. The van der Waals surface area contributed by atoms with Crippen molar-refractivity contribution in [2.75, 3.05) is 37.0 Å². The Morgan fingerprint density at radius 1 is 1.09 bits per heavy atom. The van der Waals surface area contributed by atoms with E-state index in [1.54, 1.807) is 31.6 Å². The zero-order chi connectivity index (χ0) is 22.7. The molecule has 0 radical (unpaired) electrons. The fourth-order valence-electron chi connectivity index (χ4n) is 4.52. The zero-order valence-corrected chi connectivity index (χ0v) is 19.0. The number of hydrogen-bond acceptors (Lipinski definition) is 6. The third-order valence-corrected chi connectivity index (χ3v) is 6.34. The Balaban J connectivity index is 1.48. The molecule has 4 heterocycles. The van der Waals surface area contributed by atoms with Gasteiger partial charge in [0, 0.05) is 37.8 Å². The van der Waals surface area contributed by atoms with Crippen LogP contribution in [0.2, 0.25) is 0 Å². The van der Waals surface area contributed by atoms with Crippen molar-refractivity contribution in [2.24, 2.45) is 11.8 Å². The second-order valence-corrected chi connectivity index (χ2v) is 8.86. The molecule has 2 atom stereocenters. The number of fused-ring (bicyclic) bond motifs is 1. The van der Waals surface area contributed by atoms with E-state index in [2.05, 4.69) is 20.2 Å². The van der Waals surface area contributed by atoms with Gasteiger partial charge in [-0.15, -0.1) is 0 Å². The van der Waals surface area contributed by atoms with E-state index in [1.807, 2.05) is 30.9 Å². The predicted molar refractivity (Wildman–Crippen MR) is 123 cm³/mol. The van der Waals surface area contributed by atoms with E-state index in [0.29, 0.717) is 29.6 Å². The van der Waals surface area contributed by atoms with E-state index in [4.69, 9.17) is 4.74 Å². The Labute approximate surface area is 189 Å². The first-order chi connectivity index (χ1) is 15.5. The largest absolute Gasteiger partial charge is 0.481 e. The molecule has 2 saturated heterocycles. The van der Waals surface area contributed by atoms with E-state index in [1.165, 1.54) is 0 Å². The molecule has 0 aromatic carbocycles. The molecular formula is C24H31N5O3. The van der Waals surface area contributed by atoms with Gasteiger partial charge in [-0.25, -0.2) is 9.97 Å². The number of amides is 2. The van der Waals surface area contributed by atoms with Crippen LogP contribution < -0.4 is 15.0 Å². The molecule has 2 fully saturated rings. The minimum Gasteiger partial charge on any atom is -0.481 e. The zero-order valence-electron chi connectivity index (χ0n) is 19.0. The number of nitrogens with zero attached hydrogens (tertiary/aromatic N) is 4. The van der Waals surface area contributed by atoms with Gasteiger partial charge in [-0.3, -0.25) is 9.59 Å². The number of rotatable bonds is 5. The van der Waals surface area contributed by atoms with Crippen LogP contribution in [-0.2, 0) is 4.79 Å². The van der Waals surface area contributed by atoms with Crippen molar-refractivity contribution < 1.29 is 14.3 Å². The van der Waals surface area contributed by atoms with Gasteiger partial charge in [0.1, 0.15) is 5.82 Å². The molecule has 2 aromatic heterocycles. The van der Waals surface area contributed by atoms with Gasteiger partial charge in [0.15, 0.2) is 0 Å². The van der Waals surface area contributed by atoms with Crippen molar-refractivity contribution >= 4 is 23.3 Å². The van der Waals surface area contributed by atoms with Crippen molar-refractivity contribution in [1.82, 2.24) is 14.9 Å². The average molecular weight is 438 g/mol. The fourth-order valence-corrected chi connectivity index (χ4v) is 4.52. The molecule has 0 bridgehead atoms. The SMILES string of the molecule is COc1ccc(C(=O)N2C[C@H]3CCCCN(c4ccc(NC(=O)C(C)C)cn4)[C@H]3C2)cn1. The summed E-state index contributed by atoms with van der Waals surface area (Å²) in [5, 5.41) is 2.89. The third kappa shape index (κ3) is 4.69. The molecule has 2 amide bonds. The van der Waals surface area contributed by atoms with Gasteiger partial charge in [-0.1, -0.05) is 20.3 Å². The number of likely N-dealkylation sites (tertiary alicyclic amines) is 1. The van der Waals surface area contributed by atoms with E-state index in [9.17, 15) is 9.59 Å². The molecule has 32 heavy (non-hydrogen) atoms. The van der Waals surface area contributed by atoms with Gasteiger partial charge < -0.3 is 19.9 Å². The number of pyridine rings is 2. The Kier molecular flexibility index (Phi) is 6.58. The van der Waals surface area contributed by atoms with Crippen molar-refractivity contribution in [3.8, 4) is 5.88 Å². The fraction of sp³-hybridized carbons (Fsp3) is 0.500. The summed E-state index contributed by atoms with van der Waals surface area (Å²) in [7, 11) is 1.56. The number of carbonyl (C=O) groups excluding carboxylic acids is 2. The summed E-state index contributed by atoms with van der Waals surface area (Å²) < 4.78 is 5.10. The monoisotopic (exact) mass is 437 g/mol. The maximum atomic E-state index is 13.1. The lowest BCUT2D eigenvalue weighted by Gasteiger charge is -2.31. The van der Waals surface area contributed by atoms with Gasteiger partial charge in [0.05, 0.1) is 30.6 Å². The molecular weight excluding hydrogens is 406 g/mol. The quantitative estimate of drug-likeness (QED) is 0.773. The van der Waals surface area contributed by atoms with Gasteiger partial charge in [-0.05, 0) is 37.0 Å². The van der Waals surface area contributed by atoms with Crippen molar-refractivity contribution in [1.29, 1.82) is 0 Å². The molecule has 1 N–H and O–H groups in total. The number of ether oxygens (including phenoxy) is 1. The first kappa shape index (κ1) is 22.0. The topological polar surface area (TPSA) is 87.7 Å². The second kappa shape index (κ2) is 9.54. The maximum Gasteiger partial charge on any atom is 0.255 e. The van der Waals surface area contributed by atoms with E-state index >= 15 is 0 Å². The lowest BCUT2D eigenvalue weighted by Crippen LogP contribution is -2.41. The lowest BCUT2D eigenvalue weighted by atomic mass is 9.98. The molecule has 0 spiro atoms. The summed E-state index contributed by atoms with van der Waals surface area (Å²) in [5.41, 5.74) is 1.28. The predicted octanol–water partition coefficient (Wildman–Crippen LogP) is 3.21. The molecule has 8 heteroatoms. The number of nitrogens with one attached hydrogen (secondary N) is 1. The van der Waals surface area contributed by atoms with E-state index in [0.717, 1.165) is 38.2 Å². The summed E-state index contributed by atoms with van der Waals surface area (Å²) in [6.07, 6.45) is 6.66. The number of hydrogen-bond donors (Lipinski definition) is 1. The summed E-state index contributed by atoms with van der Waals surface area (Å²) in [6.45, 7) is 6.06. The summed E-state index contributed by atoms with van der Waals surface area (Å²) in [4.78, 5) is 38.1. The van der Waals surface area contributed by atoms with Crippen LogP contribution in [0.1, 0.15) is 43.5 Å². The molecule has 2 aromatic rings. The highest BCUT2D eigenvalue weighted by atomic mass is 16.5. The van der Waals surface area contributed by atoms with Gasteiger partial charge in [0.2, 0.25) is 11.8 Å². The molecule has 2 aliphatic heterocycles. The van der Waals surface area contributed by atoms with E-state index < -0.39 is 0 Å². The van der Waals surface area contributed by atoms with Gasteiger partial charge in [-0.2, -0.15) is 0 Å². The normalized spacial score (nSPS) is 20.6. The molecule has 4 rings (SSSR count). The Morgan fingerprint density at radius 2 is 1.94 bits per heavy atom. The van der Waals surface area contributed by atoms with Crippen LogP contribution in [-0.4, -0.2) is 59.5 Å². The third-order valence-electron chi connectivity index (χ3n) is 6.34. The minimum absolute atomic E-state index is 0.00730. The van der Waals surface area contributed by atoms with Gasteiger partial charge in [0.25, 0.3) is 5.91 Å². The number of aromatic nitrogens is 2. The summed E-state index contributed by atoms with van der Waals surface area (Å²) in [5.74, 6) is 1.71. The van der Waals surface area contributed by atoms with Crippen LogP contribution >= 0.6 is 0 Å². The minimum atomic E-state index is -0.0797. The molecule has 170 valence electrons. The molecule has 0 saturated carbocycles. The van der Waals surface area contributed by atoms with Crippen LogP contribution in [0.3, 0.4) is 0 Å². The molecule has 0 aliphatic carbocycles. The highest BCUT2D eigenvalue weighted by molar-refractivity contribution is 5.94. The Bertz CT molecular complexity index is 945. The van der Waals surface area contributed by atoms with Crippen molar-refractivity contribution in [2.45, 2.75) is 39.2 Å². The lowest BCUT2D eigenvalue weighted by molar-refractivity contribution is -0.118. The highest BCUT2D eigenvalue weighted by Crippen LogP contribution is 2.33. The van der Waals surface area contributed by atoms with Crippen LogP contribution in [0, 0.1) is 11.8 Å².